The smallest absolute Gasteiger partial charge is 0.126 e. The number of unbranched alkanes of at least 4 members (excludes halogenated alkanes) is 6. The van der Waals surface area contributed by atoms with Gasteiger partial charge in [0.25, 0.3) is 0 Å². The lowest BCUT2D eigenvalue weighted by Gasteiger charge is -2.06. The van der Waals surface area contributed by atoms with Gasteiger partial charge in [0, 0.05) is 9.75 Å². The number of aryl methyl sites for hydroxylation is 2. The predicted molar refractivity (Wildman–Crippen MR) is 164 cm³/mol. The first-order chi connectivity index (χ1) is 16.0. The van der Waals surface area contributed by atoms with Crippen LogP contribution >= 0.6 is 22.7 Å². The van der Waals surface area contributed by atoms with Crippen LogP contribution in [0, 0.1) is 22.9 Å². The quantitative estimate of drug-likeness (QED) is 0.155. The van der Waals surface area contributed by atoms with Gasteiger partial charge in [-0.1, -0.05) is 103 Å². The Balaban J connectivity index is 2.47. The highest BCUT2D eigenvalue weighted by atomic mass is 32.1. The van der Waals surface area contributed by atoms with Crippen LogP contribution in [0.1, 0.15) is 86.1 Å². The van der Waals surface area contributed by atoms with E-state index in [1.807, 2.05) is 22.7 Å². The van der Waals surface area contributed by atoms with Crippen LogP contribution in [0.2, 0.25) is 39.3 Å². The van der Waals surface area contributed by atoms with Crippen molar-refractivity contribution in [3.8, 4) is 32.7 Å². The SMILES string of the molecule is CCCCCCc1cc(C#C[Si](C)(C)C)sc1-c1sc(C#C[Si](C)(C)C)cc1CCCCCC. The van der Waals surface area contributed by atoms with E-state index in [2.05, 4.69) is 88.2 Å². The van der Waals surface area contributed by atoms with Crippen molar-refractivity contribution < 1.29 is 0 Å². The maximum atomic E-state index is 3.60. The molecule has 0 saturated heterocycles. The van der Waals surface area contributed by atoms with Gasteiger partial charge in [-0.15, -0.1) is 33.8 Å². The van der Waals surface area contributed by atoms with Crippen LogP contribution in [-0.2, 0) is 12.8 Å². The third kappa shape index (κ3) is 10.7. The van der Waals surface area contributed by atoms with E-state index >= 15 is 0 Å². The van der Waals surface area contributed by atoms with Crippen LogP contribution in [-0.4, -0.2) is 16.1 Å². The van der Waals surface area contributed by atoms with Crippen LogP contribution in [0.3, 0.4) is 0 Å². The van der Waals surface area contributed by atoms with Gasteiger partial charge in [-0.3, -0.25) is 0 Å². The number of hydrogen-bond acceptors (Lipinski definition) is 2. The third-order valence-corrected chi connectivity index (χ3v) is 9.64. The highest BCUT2D eigenvalue weighted by Crippen LogP contribution is 2.41. The second-order valence-electron chi connectivity index (χ2n) is 11.6. The van der Waals surface area contributed by atoms with Gasteiger partial charge in [-0.05, 0) is 48.9 Å². The number of hydrogen-bond donors (Lipinski definition) is 0. The van der Waals surface area contributed by atoms with Crippen molar-refractivity contribution >= 4 is 38.8 Å². The molecule has 0 N–H and O–H groups in total. The molecule has 0 aromatic carbocycles. The highest BCUT2D eigenvalue weighted by Gasteiger charge is 2.18. The van der Waals surface area contributed by atoms with Crippen LogP contribution in [0.4, 0.5) is 0 Å². The van der Waals surface area contributed by atoms with Crippen molar-refractivity contribution in [2.75, 3.05) is 0 Å². The van der Waals surface area contributed by atoms with Gasteiger partial charge in [0.1, 0.15) is 16.1 Å². The minimum absolute atomic E-state index is 1.17. The summed E-state index contributed by atoms with van der Waals surface area (Å²) in [5.41, 5.74) is 10.2. The van der Waals surface area contributed by atoms with Gasteiger partial charge in [-0.25, -0.2) is 0 Å². The molecule has 0 radical (unpaired) electrons. The molecular weight excluding hydrogens is 481 g/mol. The van der Waals surface area contributed by atoms with Crippen molar-refractivity contribution in [3.05, 3.63) is 33.0 Å². The summed E-state index contributed by atoms with van der Waals surface area (Å²) in [5, 5.41) is 0. The Bertz CT molecular complexity index is 936. The van der Waals surface area contributed by atoms with E-state index in [-0.39, 0.29) is 0 Å². The molecule has 0 aliphatic rings. The molecule has 0 aliphatic heterocycles. The lowest BCUT2D eigenvalue weighted by molar-refractivity contribution is 0.666. The zero-order valence-electron chi connectivity index (χ0n) is 23.0. The van der Waals surface area contributed by atoms with Crippen LogP contribution < -0.4 is 0 Å². The summed E-state index contributed by atoms with van der Waals surface area (Å²) in [7, 11) is -2.78. The molecule has 2 rings (SSSR count). The minimum atomic E-state index is -1.39. The van der Waals surface area contributed by atoms with Gasteiger partial charge in [0.05, 0.1) is 9.75 Å². The summed E-state index contributed by atoms with van der Waals surface area (Å²) in [4.78, 5) is 5.46. The van der Waals surface area contributed by atoms with Crippen molar-refractivity contribution in [3.63, 3.8) is 0 Å². The van der Waals surface area contributed by atoms with Gasteiger partial charge in [-0.2, -0.15) is 0 Å². The summed E-state index contributed by atoms with van der Waals surface area (Å²) >= 11 is 3.86. The second-order valence-corrected chi connectivity index (χ2v) is 23.2. The average molecular weight is 527 g/mol. The van der Waals surface area contributed by atoms with Crippen LogP contribution in [0.5, 0.6) is 0 Å². The molecule has 0 unspecified atom stereocenters. The van der Waals surface area contributed by atoms with E-state index in [1.54, 1.807) is 0 Å². The first-order valence-corrected chi connectivity index (χ1v) is 22.0. The first kappa shape index (κ1) is 29.2. The van der Waals surface area contributed by atoms with Gasteiger partial charge in [0.15, 0.2) is 0 Å². The van der Waals surface area contributed by atoms with E-state index in [9.17, 15) is 0 Å². The molecule has 2 aromatic rings. The maximum Gasteiger partial charge on any atom is 0.129 e. The van der Waals surface area contributed by atoms with Crippen molar-refractivity contribution in [1.82, 2.24) is 0 Å². The Morgan fingerprint density at radius 2 is 0.971 bits per heavy atom. The fraction of sp³-hybridized carbons (Fsp3) is 0.600. The normalized spacial score (nSPS) is 11.6. The lowest BCUT2D eigenvalue weighted by atomic mass is 10.0. The molecular formula is C30H46S2Si2. The Labute approximate surface area is 221 Å². The molecule has 0 fully saturated rings. The first-order valence-electron chi connectivity index (χ1n) is 13.3. The molecule has 0 saturated carbocycles. The molecule has 34 heavy (non-hydrogen) atoms. The summed E-state index contributed by atoms with van der Waals surface area (Å²) in [6, 6.07) is 4.82. The molecule has 186 valence electrons. The van der Waals surface area contributed by atoms with Gasteiger partial charge < -0.3 is 0 Å². The largest absolute Gasteiger partial charge is 0.129 e. The fourth-order valence-corrected chi connectivity index (χ4v) is 7.25. The van der Waals surface area contributed by atoms with E-state index in [0.717, 1.165) is 0 Å². The Kier molecular flexibility index (Phi) is 11.9. The maximum absolute atomic E-state index is 3.60. The number of thiophene rings is 2. The predicted octanol–water partition coefficient (Wildman–Crippen LogP) is 10.2. The topological polar surface area (TPSA) is 0 Å². The average Bonchev–Trinajstić information content (AvgIpc) is 3.34. The van der Waals surface area contributed by atoms with E-state index < -0.39 is 16.1 Å². The summed E-state index contributed by atoms with van der Waals surface area (Å²) < 4.78 is 0. The lowest BCUT2D eigenvalue weighted by Crippen LogP contribution is -2.16. The number of rotatable bonds is 11. The Morgan fingerprint density at radius 1 is 0.588 bits per heavy atom. The van der Waals surface area contributed by atoms with Crippen LogP contribution in [0.25, 0.3) is 9.75 Å². The molecule has 2 aromatic heterocycles. The third-order valence-electron chi connectivity index (χ3n) is 5.54. The standard InChI is InChI=1S/C30H46S2Si2/c1-9-11-13-15-17-25-23-27(19-21-33(3,4)5)31-29(25)30-26(18-16-14-12-10-2)24-28(32-30)20-22-34(6,7)8/h23-24H,9-18H2,1-8H3. The Morgan fingerprint density at radius 3 is 1.29 bits per heavy atom. The molecule has 0 aliphatic carbocycles. The summed E-state index contributed by atoms with van der Waals surface area (Å²) in [5.74, 6) is 7.12. The molecule has 0 bridgehead atoms. The molecule has 0 nitrogen and oxygen atoms in total. The zero-order chi connectivity index (χ0) is 25.2. The Hall–Kier alpha value is -1.05. The minimum Gasteiger partial charge on any atom is -0.126 e. The fourth-order valence-electron chi connectivity index (χ4n) is 3.72. The van der Waals surface area contributed by atoms with E-state index in [1.165, 1.54) is 94.8 Å². The van der Waals surface area contributed by atoms with Gasteiger partial charge >= 0.3 is 0 Å². The molecule has 4 heteroatoms. The molecule has 0 amide bonds. The van der Waals surface area contributed by atoms with Crippen LogP contribution in [0.15, 0.2) is 12.1 Å². The van der Waals surface area contributed by atoms with E-state index in [4.69, 9.17) is 0 Å². The van der Waals surface area contributed by atoms with Crippen molar-refractivity contribution in [2.45, 2.75) is 117 Å². The molecule has 0 atom stereocenters. The highest BCUT2D eigenvalue weighted by molar-refractivity contribution is 7.23. The summed E-state index contributed by atoms with van der Waals surface area (Å²) in [6.07, 6.45) is 12.8. The summed E-state index contributed by atoms with van der Waals surface area (Å²) in [6.45, 7) is 18.6. The molecule has 0 spiro atoms. The van der Waals surface area contributed by atoms with Crippen molar-refractivity contribution in [1.29, 1.82) is 0 Å². The van der Waals surface area contributed by atoms with E-state index in [0.29, 0.717) is 0 Å². The zero-order valence-corrected chi connectivity index (χ0v) is 26.7. The second kappa shape index (κ2) is 13.9. The van der Waals surface area contributed by atoms with Gasteiger partial charge in [0.2, 0.25) is 0 Å². The monoisotopic (exact) mass is 526 g/mol. The van der Waals surface area contributed by atoms with Crippen molar-refractivity contribution in [2.24, 2.45) is 0 Å². The molecule has 2 heterocycles.